The lowest BCUT2D eigenvalue weighted by atomic mass is 10.2. The first-order valence-corrected chi connectivity index (χ1v) is 6.92. The summed E-state index contributed by atoms with van der Waals surface area (Å²) in [5.74, 6) is 1.22. The quantitative estimate of drug-likeness (QED) is 0.749. The molecule has 18 heavy (non-hydrogen) atoms. The van der Waals surface area contributed by atoms with Crippen molar-refractivity contribution in [1.82, 2.24) is 10.3 Å². The first-order valence-electron chi connectivity index (χ1n) is 6.13. The van der Waals surface area contributed by atoms with E-state index in [0.717, 1.165) is 23.2 Å². The highest BCUT2D eigenvalue weighted by Crippen LogP contribution is 2.19. The molecule has 0 fully saturated rings. The molecule has 0 unspecified atom stereocenters. The van der Waals surface area contributed by atoms with Crippen molar-refractivity contribution in [2.75, 3.05) is 26.9 Å². The zero-order valence-electron chi connectivity index (χ0n) is 11.2. The zero-order chi connectivity index (χ0) is 13.4. The van der Waals surface area contributed by atoms with Crippen molar-refractivity contribution >= 4 is 15.9 Å². The van der Waals surface area contributed by atoms with Crippen LogP contribution in [0.3, 0.4) is 0 Å². The summed E-state index contributed by atoms with van der Waals surface area (Å²) in [6, 6.07) is 2.01. The van der Waals surface area contributed by atoms with E-state index in [2.05, 4.69) is 40.1 Å². The summed E-state index contributed by atoms with van der Waals surface area (Å²) >= 11 is 3.40. The third kappa shape index (κ3) is 5.80. The lowest BCUT2D eigenvalue weighted by molar-refractivity contribution is 0.0803. The summed E-state index contributed by atoms with van der Waals surface area (Å²) < 4.78 is 12.0. The molecule has 0 amide bonds. The highest BCUT2D eigenvalue weighted by molar-refractivity contribution is 9.10. The largest absolute Gasteiger partial charge is 0.475 e. The maximum atomic E-state index is 5.63. The molecule has 1 aromatic rings. The minimum Gasteiger partial charge on any atom is -0.475 e. The standard InChI is InChI=1S/C13H21BrN2O2/c1-10(2)9-17-4-5-18-13-11(7-15-3)6-12(14)8-16-13/h6,8,10,15H,4-5,7,9H2,1-3H3. The van der Waals surface area contributed by atoms with Gasteiger partial charge in [-0.2, -0.15) is 0 Å². The normalized spacial score (nSPS) is 10.9. The molecule has 4 nitrogen and oxygen atoms in total. The second-order valence-electron chi connectivity index (χ2n) is 4.47. The Balaban J connectivity index is 2.41. The van der Waals surface area contributed by atoms with Gasteiger partial charge in [-0.05, 0) is 35.0 Å². The van der Waals surface area contributed by atoms with Crippen LogP contribution in [0.4, 0.5) is 0 Å². The van der Waals surface area contributed by atoms with Crippen LogP contribution in [0.25, 0.3) is 0 Å². The van der Waals surface area contributed by atoms with E-state index in [9.17, 15) is 0 Å². The van der Waals surface area contributed by atoms with Crippen LogP contribution < -0.4 is 10.1 Å². The van der Waals surface area contributed by atoms with Gasteiger partial charge in [0, 0.05) is 29.4 Å². The average Bonchev–Trinajstić information content (AvgIpc) is 2.31. The van der Waals surface area contributed by atoms with Crippen molar-refractivity contribution in [3.63, 3.8) is 0 Å². The molecule has 0 bridgehead atoms. The molecule has 0 spiro atoms. The van der Waals surface area contributed by atoms with E-state index in [0.29, 0.717) is 25.0 Å². The monoisotopic (exact) mass is 316 g/mol. The molecule has 0 aliphatic heterocycles. The second kappa shape index (κ2) is 8.45. The van der Waals surface area contributed by atoms with E-state index >= 15 is 0 Å². The molecule has 0 radical (unpaired) electrons. The molecule has 1 aromatic heterocycles. The molecule has 0 saturated carbocycles. The predicted molar refractivity (Wildman–Crippen MR) is 75.9 cm³/mol. The van der Waals surface area contributed by atoms with Gasteiger partial charge in [0.05, 0.1) is 6.61 Å². The lowest BCUT2D eigenvalue weighted by Gasteiger charge is -2.11. The van der Waals surface area contributed by atoms with Crippen molar-refractivity contribution in [2.24, 2.45) is 5.92 Å². The van der Waals surface area contributed by atoms with Gasteiger partial charge in [0.15, 0.2) is 0 Å². The topological polar surface area (TPSA) is 43.4 Å². The molecule has 0 aliphatic carbocycles. The number of halogens is 1. The number of rotatable bonds is 8. The van der Waals surface area contributed by atoms with Crippen LogP contribution in [-0.4, -0.2) is 31.9 Å². The maximum absolute atomic E-state index is 5.63. The van der Waals surface area contributed by atoms with Gasteiger partial charge in [-0.15, -0.1) is 0 Å². The molecular formula is C13H21BrN2O2. The Morgan fingerprint density at radius 3 is 2.83 bits per heavy atom. The molecule has 102 valence electrons. The van der Waals surface area contributed by atoms with Crippen LogP contribution in [0.2, 0.25) is 0 Å². The Bertz CT molecular complexity index is 359. The van der Waals surface area contributed by atoms with Crippen molar-refractivity contribution < 1.29 is 9.47 Å². The van der Waals surface area contributed by atoms with Gasteiger partial charge in [-0.1, -0.05) is 13.8 Å². The van der Waals surface area contributed by atoms with E-state index in [1.165, 1.54) is 0 Å². The van der Waals surface area contributed by atoms with Gasteiger partial charge < -0.3 is 14.8 Å². The smallest absolute Gasteiger partial charge is 0.217 e. The maximum Gasteiger partial charge on any atom is 0.217 e. The van der Waals surface area contributed by atoms with Gasteiger partial charge in [-0.25, -0.2) is 4.98 Å². The first-order chi connectivity index (χ1) is 8.63. The summed E-state index contributed by atoms with van der Waals surface area (Å²) in [5.41, 5.74) is 1.04. The Kier molecular flexibility index (Phi) is 7.23. The van der Waals surface area contributed by atoms with E-state index in [1.807, 2.05) is 13.1 Å². The van der Waals surface area contributed by atoms with Crippen molar-refractivity contribution in [3.05, 3.63) is 22.3 Å². The summed E-state index contributed by atoms with van der Waals surface area (Å²) in [6.07, 6.45) is 1.74. The van der Waals surface area contributed by atoms with Gasteiger partial charge >= 0.3 is 0 Å². The highest BCUT2D eigenvalue weighted by atomic mass is 79.9. The lowest BCUT2D eigenvalue weighted by Crippen LogP contribution is -2.13. The molecule has 0 saturated heterocycles. The Hall–Kier alpha value is -0.650. The SMILES string of the molecule is CNCc1cc(Br)cnc1OCCOCC(C)C. The minimum atomic E-state index is 0.526. The molecule has 1 N–H and O–H groups in total. The summed E-state index contributed by atoms with van der Waals surface area (Å²) in [5, 5.41) is 3.10. The zero-order valence-corrected chi connectivity index (χ0v) is 12.8. The van der Waals surface area contributed by atoms with E-state index in [-0.39, 0.29) is 0 Å². The Labute approximate surface area is 117 Å². The number of hydrogen-bond donors (Lipinski definition) is 1. The van der Waals surface area contributed by atoms with E-state index < -0.39 is 0 Å². The number of nitrogens with zero attached hydrogens (tertiary/aromatic N) is 1. The van der Waals surface area contributed by atoms with Gasteiger partial charge in [0.2, 0.25) is 5.88 Å². The average molecular weight is 317 g/mol. The third-order valence-electron chi connectivity index (χ3n) is 2.18. The van der Waals surface area contributed by atoms with Crippen LogP contribution in [-0.2, 0) is 11.3 Å². The third-order valence-corrected chi connectivity index (χ3v) is 2.61. The number of hydrogen-bond acceptors (Lipinski definition) is 4. The molecule has 5 heteroatoms. The van der Waals surface area contributed by atoms with Crippen molar-refractivity contribution in [3.8, 4) is 5.88 Å². The van der Waals surface area contributed by atoms with E-state index in [1.54, 1.807) is 6.20 Å². The first kappa shape index (κ1) is 15.4. The van der Waals surface area contributed by atoms with Crippen LogP contribution in [0, 0.1) is 5.92 Å². The van der Waals surface area contributed by atoms with E-state index in [4.69, 9.17) is 9.47 Å². The molecule has 0 aromatic carbocycles. The summed E-state index contributed by atoms with van der Waals surface area (Å²) in [4.78, 5) is 4.26. The fraction of sp³-hybridized carbons (Fsp3) is 0.615. The molecule has 1 heterocycles. The van der Waals surface area contributed by atoms with Crippen LogP contribution in [0.15, 0.2) is 16.7 Å². The number of ether oxygens (including phenoxy) is 2. The number of pyridine rings is 1. The predicted octanol–water partition coefficient (Wildman–Crippen LogP) is 2.61. The van der Waals surface area contributed by atoms with Crippen molar-refractivity contribution in [2.45, 2.75) is 20.4 Å². The highest BCUT2D eigenvalue weighted by Gasteiger charge is 2.05. The molecule has 0 aliphatic rings. The van der Waals surface area contributed by atoms with Crippen LogP contribution in [0.1, 0.15) is 19.4 Å². The van der Waals surface area contributed by atoms with Crippen molar-refractivity contribution in [1.29, 1.82) is 0 Å². The minimum absolute atomic E-state index is 0.526. The van der Waals surface area contributed by atoms with Gasteiger partial charge in [-0.3, -0.25) is 0 Å². The molecule has 1 rings (SSSR count). The van der Waals surface area contributed by atoms with Crippen LogP contribution >= 0.6 is 15.9 Å². The van der Waals surface area contributed by atoms with Gasteiger partial charge in [0.1, 0.15) is 6.61 Å². The van der Waals surface area contributed by atoms with Gasteiger partial charge in [0.25, 0.3) is 0 Å². The fourth-order valence-electron chi connectivity index (χ4n) is 1.43. The summed E-state index contributed by atoms with van der Waals surface area (Å²) in [6.45, 7) is 6.87. The number of nitrogens with one attached hydrogen (secondary N) is 1. The molecule has 0 atom stereocenters. The summed E-state index contributed by atoms with van der Waals surface area (Å²) in [7, 11) is 1.90. The van der Waals surface area contributed by atoms with Crippen LogP contribution in [0.5, 0.6) is 5.88 Å². The Morgan fingerprint density at radius 1 is 1.39 bits per heavy atom. The fourth-order valence-corrected chi connectivity index (χ4v) is 1.81. The number of aromatic nitrogens is 1. The Morgan fingerprint density at radius 2 is 2.17 bits per heavy atom. The second-order valence-corrected chi connectivity index (χ2v) is 5.38. The molecular weight excluding hydrogens is 296 g/mol.